The van der Waals surface area contributed by atoms with Gasteiger partial charge in [-0.15, -0.1) is 0 Å². The Morgan fingerprint density at radius 1 is 1.38 bits per heavy atom. The quantitative estimate of drug-likeness (QED) is 0.765. The standard InChI is InChI=1S/C13H17NO2/c1-10(2)13(15)14-12(8-9-16-14)11-6-4-3-5-7-11/h3-7,10,12H,8-9H2,1-2H3/t12-/m0/s1. The van der Waals surface area contributed by atoms with Crippen molar-refractivity contribution in [1.29, 1.82) is 0 Å². The Bertz CT molecular complexity index is 361. The molecule has 1 heterocycles. The summed E-state index contributed by atoms with van der Waals surface area (Å²) in [6.07, 6.45) is 0.877. The molecule has 1 aliphatic heterocycles. The summed E-state index contributed by atoms with van der Waals surface area (Å²) in [4.78, 5) is 17.4. The lowest BCUT2D eigenvalue weighted by atomic mass is 10.0. The van der Waals surface area contributed by atoms with E-state index in [1.807, 2.05) is 44.2 Å². The van der Waals surface area contributed by atoms with Crippen molar-refractivity contribution < 1.29 is 9.63 Å². The van der Waals surface area contributed by atoms with E-state index in [9.17, 15) is 4.79 Å². The Morgan fingerprint density at radius 2 is 2.06 bits per heavy atom. The fourth-order valence-electron chi connectivity index (χ4n) is 1.92. The van der Waals surface area contributed by atoms with Crippen molar-refractivity contribution in [3.05, 3.63) is 35.9 Å². The molecule has 0 aliphatic carbocycles. The first kappa shape index (κ1) is 11.1. The van der Waals surface area contributed by atoms with Gasteiger partial charge in [-0.1, -0.05) is 44.2 Å². The normalized spacial score (nSPS) is 20.4. The number of carbonyl (C=O) groups is 1. The minimum absolute atomic E-state index is 0.0238. The maximum absolute atomic E-state index is 11.9. The van der Waals surface area contributed by atoms with Crippen LogP contribution in [-0.2, 0) is 9.63 Å². The molecule has 1 aliphatic rings. The van der Waals surface area contributed by atoms with Gasteiger partial charge in [-0.3, -0.25) is 9.63 Å². The highest BCUT2D eigenvalue weighted by Crippen LogP contribution is 2.31. The molecule has 0 aromatic heterocycles. The minimum Gasteiger partial charge on any atom is -0.272 e. The molecule has 2 rings (SSSR count). The number of hydrogen-bond donors (Lipinski definition) is 0. The molecule has 0 unspecified atom stereocenters. The SMILES string of the molecule is CC(C)C(=O)N1OCC[C@H]1c1ccccc1. The zero-order valence-corrected chi connectivity index (χ0v) is 9.72. The van der Waals surface area contributed by atoms with Gasteiger partial charge in [-0.25, -0.2) is 5.06 Å². The number of nitrogens with zero attached hydrogens (tertiary/aromatic N) is 1. The van der Waals surface area contributed by atoms with Gasteiger partial charge < -0.3 is 0 Å². The highest BCUT2D eigenvalue weighted by atomic mass is 16.7. The van der Waals surface area contributed by atoms with Crippen LogP contribution in [0.2, 0.25) is 0 Å². The fraction of sp³-hybridized carbons (Fsp3) is 0.462. The molecule has 0 spiro atoms. The lowest BCUT2D eigenvalue weighted by molar-refractivity contribution is -0.180. The smallest absolute Gasteiger partial charge is 0.249 e. The second-order valence-electron chi connectivity index (χ2n) is 4.37. The fourth-order valence-corrected chi connectivity index (χ4v) is 1.92. The van der Waals surface area contributed by atoms with Crippen molar-refractivity contribution in [2.24, 2.45) is 5.92 Å². The molecule has 0 radical (unpaired) electrons. The van der Waals surface area contributed by atoms with Gasteiger partial charge >= 0.3 is 0 Å². The van der Waals surface area contributed by atoms with Crippen molar-refractivity contribution in [3.63, 3.8) is 0 Å². The summed E-state index contributed by atoms with van der Waals surface area (Å²) < 4.78 is 0. The van der Waals surface area contributed by atoms with Gasteiger partial charge in [0.05, 0.1) is 12.6 Å². The Morgan fingerprint density at radius 3 is 2.69 bits per heavy atom. The van der Waals surface area contributed by atoms with Crippen LogP contribution in [0.4, 0.5) is 0 Å². The number of rotatable bonds is 2. The van der Waals surface area contributed by atoms with Crippen LogP contribution in [-0.4, -0.2) is 17.6 Å². The van der Waals surface area contributed by atoms with Crippen molar-refractivity contribution >= 4 is 5.91 Å². The van der Waals surface area contributed by atoms with E-state index in [1.165, 1.54) is 0 Å². The molecule has 16 heavy (non-hydrogen) atoms. The van der Waals surface area contributed by atoms with E-state index in [2.05, 4.69) is 0 Å². The number of benzene rings is 1. The molecule has 1 aromatic carbocycles. The molecule has 0 bridgehead atoms. The summed E-state index contributed by atoms with van der Waals surface area (Å²) in [5.74, 6) is 0.0377. The lowest BCUT2D eigenvalue weighted by Crippen LogP contribution is -2.32. The van der Waals surface area contributed by atoms with Gasteiger partial charge in [0.1, 0.15) is 0 Å². The predicted octanol–water partition coefficient (Wildman–Crippen LogP) is 2.55. The largest absolute Gasteiger partial charge is 0.272 e. The molecule has 1 aromatic rings. The summed E-state index contributed by atoms with van der Waals surface area (Å²) in [7, 11) is 0. The highest BCUT2D eigenvalue weighted by Gasteiger charge is 2.32. The first-order chi connectivity index (χ1) is 7.70. The number of hydrogen-bond acceptors (Lipinski definition) is 2. The van der Waals surface area contributed by atoms with Crippen LogP contribution in [0.15, 0.2) is 30.3 Å². The minimum atomic E-state index is -0.0238. The average Bonchev–Trinajstić information content (AvgIpc) is 2.77. The van der Waals surface area contributed by atoms with E-state index in [4.69, 9.17) is 4.84 Å². The van der Waals surface area contributed by atoms with Crippen LogP contribution >= 0.6 is 0 Å². The second-order valence-corrected chi connectivity index (χ2v) is 4.37. The topological polar surface area (TPSA) is 29.5 Å². The summed E-state index contributed by atoms with van der Waals surface area (Å²) >= 11 is 0. The van der Waals surface area contributed by atoms with E-state index in [-0.39, 0.29) is 17.9 Å². The van der Waals surface area contributed by atoms with Gasteiger partial charge in [0.15, 0.2) is 0 Å². The third-order valence-electron chi connectivity index (χ3n) is 2.80. The van der Waals surface area contributed by atoms with Crippen LogP contribution in [0.25, 0.3) is 0 Å². The Balaban J connectivity index is 2.19. The second kappa shape index (κ2) is 4.66. The molecule has 0 N–H and O–H groups in total. The summed E-state index contributed by atoms with van der Waals surface area (Å²) in [6, 6.07) is 10.1. The summed E-state index contributed by atoms with van der Waals surface area (Å²) in [6.45, 7) is 4.41. The van der Waals surface area contributed by atoms with E-state index in [0.29, 0.717) is 6.61 Å². The molecule has 0 saturated carbocycles. The van der Waals surface area contributed by atoms with Crippen LogP contribution in [0.1, 0.15) is 31.9 Å². The van der Waals surface area contributed by atoms with Crippen LogP contribution in [0.3, 0.4) is 0 Å². The van der Waals surface area contributed by atoms with E-state index < -0.39 is 0 Å². The van der Waals surface area contributed by atoms with Gasteiger partial charge in [0.2, 0.25) is 5.91 Å². The van der Waals surface area contributed by atoms with E-state index >= 15 is 0 Å². The van der Waals surface area contributed by atoms with E-state index in [0.717, 1.165) is 12.0 Å². The Labute approximate surface area is 96.0 Å². The van der Waals surface area contributed by atoms with Gasteiger partial charge in [0, 0.05) is 12.3 Å². The van der Waals surface area contributed by atoms with E-state index in [1.54, 1.807) is 5.06 Å². The van der Waals surface area contributed by atoms with Crippen molar-refractivity contribution in [3.8, 4) is 0 Å². The van der Waals surface area contributed by atoms with Crippen LogP contribution < -0.4 is 0 Å². The molecular weight excluding hydrogens is 202 g/mol. The lowest BCUT2D eigenvalue weighted by Gasteiger charge is -2.24. The first-order valence-electron chi connectivity index (χ1n) is 5.71. The number of amides is 1. The number of hydroxylamine groups is 2. The molecule has 1 atom stereocenters. The van der Waals surface area contributed by atoms with Gasteiger partial charge in [-0.05, 0) is 5.56 Å². The molecule has 1 fully saturated rings. The zero-order chi connectivity index (χ0) is 11.5. The molecule has 86 valence electrons. The third-order valence-corrected chi connectivity index (χ3v) is 2.80. The predicted molar refractivity (Wildman–Crippen MR) is 61.4 cm³/mol. The average molecular weight is 219 g/mol. The third kappa shape index (κ3) is 2.09. The first-order valence-corrected chi connectivity index (χ1v) is 5.71. The van der Waals surface area contributed by atoms with Gasteiger partial charge in [-0.2, -0.15) is 0 Å². The molecule has 1 amide bonds. The Hall–Kier alpha value is -1.35. The van der Waals surface area contributed by atoms with Gasteiger partial charge in [0.25, 0.3) is 0 Å². The number of carbonyl (C=O) groups excluding carboxylic acids is 1. The molecular formula is C13H17NO2. The monoisotopic (exact) mass is 219 g/mol. The van der Waals surface area contributed by atoms with Crippen molar-refractivity contribution in [2.75, 3.05) is 6.61 Å². The highest BCUT2D eigenvalue weighted by molar-refractivity contribution is 5.77. The zero-order valence-electron chi connectivity index (χ0n) is 9.72. The van der Waals surface area contributed by atoms with Crippen molar-refractivity contribution in [2.45, 2.75) is 26.3 Å². The molecule has 3 nitrogen and oxygen atoms in total. The summed E-state index contributed by atoms with van der Waals surface area (Å²) in [5, 5.41) is 1.54. The van der Waals surface area contributed by atoms with Crippen LogP contribution in [0.5, 0.6) is 0 Å². The summed E-state index contributed by atoms with van der Waals surface area (Å²) in [5.41, 5.74) is 1.15. The van der Waals surface area contributed by atoms with Crippen molar-refractivity contribution in [1.82, 2.24) is 5.06 Å². The van der Waals surface area contributed by atoms with Crippen LogP contribution in [0, 0.1) is 5.92 Å². The maximum Gasteiger partial charge on any atom is 0.249 e. The Kier molecular flexibility index (Phi) is 3.25. The molecule has 3 heteroatoms. The maximum atomic E-state index is 11.9. The molecule has 1 saturated heterocycles.